The first-order valence-electron chi connectivity index (χ1n) is 8.09. The fourth-order valence-electron chi connectivity index (χ4n) is 2.55. The minimum atomic E-state index is -0.0220. The van der Waals surface area contributed by atoms with Gasteiger partial charge >= 0.3 is 0 Å². The average molecular weight is 333 g/mol. The van der Waals surface area contributed by atoms with Gasteiger partial charge in [0.05, 0.1) is 6.10 Å². The molecule has 1 saturated heterocycles. The Balaban J connectivity index is 0.000000203. The van der Waals surface area contributed by atoms with Crippen LogP contribution < -0.4 is 0 Å². The van der Waals surface area contributed by atoms with E-state index < -0.39 is 0 Å². The summed E-state index contributed by atoms with van der Waals surface area (Å²) in [5, 5.41) is 9.77. The summed E-state index contributed by atoms with van der Waals surface area (Å²) in [4.78, 5) is 6.59. The first kappa shape index (κ1) is 17.9. The van der Waals surface area contributed by atoms with Crippen molar-refractivity contribution in [3.05, 3.63) is 64.9 Å². The maximum absolute atomic E-state index is 9.00. The lowest BCUT2D eigenvalue weighted by atomic mass is 9.97. The summed E-state index contributed by atoms with van der Waals surface area (Å²) in [5.74, 6) is 0.309. The molecule has 0 spiro atoms. The smallest absolute Gasteiger partial charge is 0.0564 e. The lowest BCUT2D eigenvalue weighted by molar-refractivity contribution is 0.0943. The summed E-state index contributed by atoms with van der Waals surface area (Å²) in [5.41, 5.74) is 2.32. The van der Waals surface area contributed by atoms with E-state index in [1.165, 1.54) is 5.56 Å². The first-order chi connectivity index (χ1) is 11.1. The van der Waals surface area contributed by atoms with Crippen LogP contribution in [0, 0.1) is 0 Å². The molecule has 1 aromatic heterocycles. The van der Waals surface area contributed by atoms with Gasteiger partial charge < -0.3 is 10.0 Å². The Labute approximate surface area is 143 Å². The van der Waals surface area contributed by atoms with Gasteiger partial charge in [-0.05, 0) is 49.7 Å². The molecule has 1 N–H and O–H groups in total. The minimum absolute atomic E-state index is 0.0220. The molecule has 0 bridgehead atoms. The van der Waals surface area contributed by atoms with E-state index in [1.807, 2.05) is 48.7 Å². The molecule has 0 saturated carbocycles. The molecule has 1 fully saturated rings. The molecule has 2 heterocycles. The highest BCUT2D eigenvalue weighted by molar-refractivity contribution is 6.30. The van der Waals surface area contributed by atoms with E-state index in [2.05, 4.69) is 23.9 Å². The number of nitrogens with zero attached hydrogens (tertiary/aromatic N) is 2. The van der Waals surface area contributed by atoms with Crippen molar-refractivity contribution in [1.29, 1.82) is 0 Å². The third kappa shape index (κ3) is 5.94. The van der Waals surface area contributed by atoms with E-state index in [0.717, 1.165) is 36.6 Å². The fraction of sp³-hybridized carbons (Fsp3) is 0.421. The van der Waals surface area contributed by atoms with Gasteiger partial charge in [0.25, 0.3) is 0 Å². The maximum atomic E-state index is 9.00. The van der Waals surface area contributed by atoms with Gasteiger partial charge in [-0.1, -0.05) is 36.7 Å². The van der Waals surface area contributed by atoms with Gasteiger partial charge in [0.15, 0.2) is 0 Å². The monoisotopic (exact) mass is 332 g/mol. The molecule has 0 aliphatic carbocycles. The van der Waals surface area contributed by atoms with Crippen LogP contribution >= 0.6 is 11.6 Å². The van der Waals surface area contributed by atoms with E-state index >= 15 is 0 Å². The van der Waals surface area contributed by atoms with Crippen LogP contribution in [0.4, 0.5) is 0 Å². The molecule has 3 nitrogen and oxygen atoms in total. The zero-order valence-corrected chi connectivity index (χ0v) is 14.6. The highest BCUT2D eigenvalue weighted by atomic mass is 35.5. The molecule has 0 amide bonds. The Kier molecular flexibility index (Phi) is 7.03. The Bertz CT molecular complexity index is 556. The van der Waals surface area contributed by atoms with Crippen LogP contribution in [0.25, 0.3) is 0 Å². The number of hydrogen-bond acceptors (Lipinski definition) is 3. The van der Waals surface area contributed by atoms with Crippen LogP contribution in [0.1, 0.15) is 36.9 Å². The summed E-state index contributed by atoms with van der Waals surface area (Å²) in [6.45, 7) is 4.26. The van der Waals surface area contributed by atoms with Crippen LogP contribution in [0.5, 0.6) is 0 Å². The van der Waals surface area contributed by atoms with Gasteiger partial charge in [-0.15, -0.1) is 0 Å². The van der Waals surface area contributed by atoms with Crippen molar-refractivity contribution in [3.8, 4) is 0 Å². The molecule has 1 unspecified atom stereocenters. The number of pyridine rings is 1. The zero-order valence-electron chi connectivity index (χ0n) is 13.8. The standard InChI is InChI=1S/C13H12ClN.C6H13NO/c1-10(13-4-2-3-9-15-13)11-5-7-12(14)8-6-11;1-7-4-2-6(8)3-5-7/h2-10H,1H3;6,8H,2-5H2,1H3. The number of aliphatic hydroxyl groups is 1. The minimum Gasteiger partial charge on any atom is -0.393 e. The van der Waals surface area contributed by atoms with Gasteiger partial charge in [0, 0.05) is 35.9 Å². The lowest BCUT2D eigenvalue weighted by Gasteiger charge is -2.25. The van der Waals surface area contributed by atoms with Gasteiger partial charge in [-0.3, -0.25) is 4.98 Å². The molecule has 1 aliphatic heterocycles. The van der Waals surface area contributed by atoms with Gasteiger partial charge in [-0.25, -0.2) is 0 Å². The van der Waals surface area contributed by atoms with Crippen LogP contribution in [0.3, 0.4) is 0 Å². The Morgan fingerprint density at radius 2 is 1.78 bits per heavy atom. The summed E-state index contributed by atoms with van der Waals surface area (Å²) in [7, 11) is 2.09. The zero-order chi connectivity index (χ0) is 16.7. The average Bonchev–Trinajstić information content (AvgIpc) is 2.59. The molecule has 0 radical (unpaired) electrons. The Morgan fingerprint density at radius 3 is 2.30 bits per heavy atom. The molecule has 23 heavy (non-hydrogen) atoms. The number of hydrogen-bond donors (Lipinski definition) is 1. The molecule has 124 valence electrons. The SMILES string of the molecule is CC(c1ccc(Cl)cc1)c1ccccn1.CN1CCC(O)CC1. The molecular weight excluding hydrogens is 308 g/mol. The Morgan fingerprint density at radius 1 is 1.13 bits per heavy atom. The molecular formula is C19H25ClN2O. The van der Waals surface area contributed by atoms with E-state index in [-0.39, 0.29) is 6.10 Å². The van der Waals surface area contributed by atoms with Gasteiger partial charge in [0.2, 0.25) is 0 Å². The molecule has 4 heteroatoms. The van der Waals surface area contributed by atoms with Crippen LogP contribution in [0.2, 0.25) is 5.02 Å². The van der Waals surface area contributed by atoms with Gasteiger partial charge in [0.1, 0.15) is 0 Å². The normalized spacial score (nSPS) is 17.2. The number of aromatic nitrogens is 1. The van der Waals surface area contributed by atoms with Crippen molar-refractivity contribution >= 4 is 11.6 Å². The first-order valence-corrected chi connectivity index (χ1v) is 8.47. The topological polar surface area (TPSA) is 36.4 Å². The summed E-state index contributed by atoms with van der Waals surface area (Å²) in [6, 6.07) is 13.9. The third-order valence-electron chi connectivity index (χ3n) is 4.19. The Hall–Kier alpha value is -1.42. The van der Waals surface area contributed by atoms with Crippen LogP contribution in [-0.4, -0.2) is 41.2 Å². The number of likely N-dealkylation sites (tertiary alicyclic amines) is 1. The van der Waals surface area contributed by atoms with E-state index in [0.29, 0.717) is 5.92 Å². The van der Waals surface area contributed by atoms with E-state index in [9.17, 15) is 0 Å². The van der Waals surface area contributed by atoms with E-state index in [4.69, 9.17) is 16.7 Å². The fourth-order valence-corrected chi connectivity index (χ4v) is 2.68. The second-order valence-electron chi connectivity index (χ2n) is 6.06. The van der Waals surface area contributed by atoms with Crippen molar-refractivity contribution in [2.24, 2.45) is 0 Å². The predicted octanol–water partition coefficient (Wildman–Crippen LogP) is 3.96. The summed E-state index contributed by atoms with van der Waals surface area (Å²) < 4.78 is 0. The highest BCUT2D eigenvalue weighted by Gasteiger charge is 2.12. The lowest BCUT2D eigenvalue weighted by Crippen LogP contribution is -2.32. The van der Waals surface area contributed by atoms with Crippen LogP contribution in [0.15, 0.2) is 48.7 Å². The quantitative estimate of drug-likeness (QED) is 0.904. The van der Waals surface area contributed by atoms with E-state index in [1.54, 1.807) is 0 Å². The van der Waals surface area contributed by atoms with Crippen molar-refractivity contribution in [3.63, 3.8) is 0 Å². The second kappa shape index (κ2) is 9.02. The predicted molar refractivity (Wildman–Crippen MR) is 95.9 cm³/mol. The number of rotatable bonds is 2. The van der Waals surface area contributed by atoms with Crippen molar-refractivity contribution in [1.82, 2.24) is 9.88 Å². The molecule has 1 aliphatic rings. The maximum Gasteiger partial charge on any atom is 0.0564 e. The van der Waals surface area contributed by atoms with Crippen molar-refractivity contribution in [2.75, 3.05) is 20.1 Å². The molecule has 1 atom stereocenters. The van der Waals surface area contributed by atoms with Gasteiger partial charge in [-0.2, -0.15) is 0 Å². The number of halogens is 1. The molecule has 2 aromatic rings. The summed E-state index contributed by atoms with van der Waals surface area (Å²) in [6.07, 6.45) is 3.71. The largest absolute Gasteiger partial charge is 0.393 e. The summed E-state index contributed by atoms with van der Waals surface area (Å²) >= 11 is 5.85. The number of aliphatic hydroxyl groups excluding tert-OH is 1. The second-order valence-corrected chi connectivity index (χ2v) is 6.50. The van der Waals surface area contributed by atoms with Crippen molar-refractivity contribution < 1.29 is 5.11 Å². The molecule has 1 aromatic carbocycles. The molecule has 3 rings (SSSR count). The van der Waals surface area contributed by atoms with Crippen molar-refractivity contribution in [2.45, 2.75) is 31.8 Å². The third-order valence-corrected chi connectivity index (χ3v) is 4.44. The van der Waals surface area contributed by atoms with Crippen LogP contribution in [-0.2, 0) is 0 Å². The number of piperidine rings is 1. The number of benzene rings is 1. The highest BCUT2D eigenvalue weighted by Crippen LogP contribution is 2.23.